The predicted octanol–water partition coefficient (Wildman–Crippen LogP) is 4.45. The van der Waals surface area contributed by atoms with E-state index in [9.17, 15) is 13.2 Å². The summed E-state index contributed by atoms with van der Waals surface area (Å²) >= 11 is 0. The molecule has 1 aliphatic heterocycles. The highest BCUT2D eigenvalue weighted by molar-refractivity contribution is 7.89. The molecule has 31 heavy (non-hydrogen) atoms. The number of amides is 1. The van der Waals surface area contributed by atoms with E-state index >= 15 is 0 Å². The number of sulfonamides is 1. The molecule has 1 fully saturated rings. The van der Waals surface area contributed by atoms with Crippen LogP contribution >= 0.6 is 0 Å². The van der Waals surface area contributed by atoms with E-state index in [-0.39, 0.29) is 24.1 Å². The minimum atomic E-state index is -3.37. The summed E-state index contributed by atoms with van der Waals surface area (Å²) in [7, 11) is -3.37. The Morgan fingerprint density at radius 2 is 1.71 bits per heavy atom. The molecule has 1 N–H and O–H groups in total. The molecular weight excluding hydrogens is 408 g/mol. The first-order valence-electron chi connectivity index (χ1n) is 10.8. The van der Waals surface area contributed by atoms with E-state index < -0.39 is 10.0 Å². The number of anilines is 1. The van der Waals surface area contributed by atoms with Crippen LogP contribution in [-0.2, 0) is 21.2 Å². The molecule has 5 nitrogen and oxygen atoms in total. The number of fused-ring (bicyclic) bond motifs is 1. The van der Waals surface area contributed by atoms with Gasteiger partial charge in [0.25, 0.3) is 0 Å². The minimum Gasteiger partial charge on any atom is -0.325 e. The van der Waals surface area contributed by atoms with Gasteiger partial charge in [-0.05, 0) is 42.7 Å². The zero-order valence-electron chi connectivity index (χ0n) is 17.5. The second kappa shape index (κ2) is 9.62. The van der Waals surface area contributed by atoms with Crippen LogP contribution in [0.5, 0.6) is 0 Å². The molecule has 0 radical (unpaired) electrons. The number of aryl methyl sites for hydroxylation is 1. The predicted molar refractivity (Wildman–Crippen MR) is 125 cm³/mol. The van der Waals surface area contributed by atoms with E-state index in [2.05, 4.69) is 5.32 Å². The van der Waals surface area contributed by atoms with Crippen molar-refractivity contribution in [1.29, 1.82) is 0 Å². The molecule has 0 unspecified atom stereocenters. The van der Waals surface area contributed by atoms with E-state index in [1.165, 1.54) is 4.31 Å². The SMILES string of the molecule is O=C(Nc1cccc2ccccc12)[C@H]1CCCN(S(=O)(=O)CCCc2ccccc2)C1. The average Bonchev–Trinajstić information content (AvgIpc) is 2.80. The fourth-order valence-corrected chi connectivity index (χ4v) is 5.79. The van der Waals surface area contributed by atoms with Gasteiger partial charge in [0, 0.05) is 24.2 Å². The second-order valence-corrected chi connectivity index (χ2v) is 10.2. The van der Waals surface area contributed by atoms with Crippen molar-refractivity contribution in [2.75, 3.05) is 24.2 Å². The third kappa shape index (κ3) is 5.32. The number of nitrogens with one attached hydrogen (secondary N) is 1. The van der Waals surface area contributed by atoms with Crippen LogP contribution < -0.4 is 5.32 Å². The summed E-state index contributed by atoms with van der Waals surface area (Å²) in [4.78, 5) is 13.0. The lowest BCUT2D eigenvalue weighted by atomic mass is 9.98. The number of carbonyl (C=O) groups excluding carboxylic acids is 1. The van der Waals surface area contributed by atoms with E-state index in [0.717, 1.165) is 28.4 Å². The van der Waals surface area contributed by atoms with Crippen molar-refractivity contribution >= 4 is 32.4 Å². The lowest BCUT2D eigenvalue weighted by molar-refractivity contribution is -0.120. The maximum Gasteiger partial charge on any atom is 0.228 e. The van der Waals surface area contributed by atoms with Gasteiger partial charge in [-0.3, -0.25) is 4.79 Å². The molecule has 3 aromatic rings. The van der Waals surface area contributed by atoms with Crippen molar-refractivity contribution in [3.8, 4) is 0 Å². The Kier molecular flexibility index (Phi) is 6.68. The summed E-state index contributed by atoms with van der Waals surface area (Å²) in [6.07, 6.45) is 2.72. The highest BCUT2D eigenvalue weighted by Crippen LogP contribution is 2.26. The Morgan fingerprint density at radius 3 is 2.55 bits per heavy atom. The standard InChI is InChI=1S/C25H28N2O3S/c28-25(26-24-16-6-13-21-12-4-5-15-23(21)24)22-14-7-17-27(19-22)31(29,30)18-8-11-20-9-2-1-3-10-20/h1-6,9-10,12-13,15-16,22H,7-8,11,14,17-19H2,(H,26,28)/t22-/m0/s1. The van der Waals surface area contributed by atoms with Gasteiger partial charge in [-0.2, -0.15) is 0 Å². The van der Waals surface area contributed by atoms with Crippen LogP contribution in [0.25, 0.3) is 10.8 Å². The van der Waals surface area contributed by atoms with Crippen LogP contribution in [0.4, 0.5) is 5.69 Å². The van der Waals surface area contributed by atoms with Crippen LogP contribution in [0, 0.1) is 5.92 Å². The van der Waals surface area contributed by atoms with Gasteiger partial charge >= 0.3 is 0 Å². The molecule has 4 rings (SSSR count). The molecule has 0 aromatic heterocycles. The Balaban J connectivity index is 1.37. The van der Waals surface area contributed by atoms with Gasteiger partial charge in [-0.15, -0.1) is 0 Å². The second-order valence-electron chi connectivity index (χ2n) is 8.12. The molecule has 1 aliphatic rings. The van der Waals surface area contributed by atoms with E-state index in [1.54, 1.807) is 0 Å². The van der Waals surface area contributed by atoms with Gasteiger partial charge in [0.1, 0.15) is 0 Å². The molecule has 0 spiro atoms. The van der Waals surface area contributed by atoms with E-state index in [4.69, 9.17) is 0 Å². The Bertz CT molecular complexity index is 1140. The zero-order valence-corrected chi connectivity index (χ0v) is 18.4. The average molecular weight is 437 g/mol. The van der Waals surface area contributed by atoms with Crippen LogP contribution in [0.15, 0.2) is 72.8 Å². The number of nitrogens with zero attached hydrogens (tertiary/aromatic N) is 1. The number of carbonyl (C=O) groups is 1. The molecule has 0 bridgehead atoms. The normalized spacial score (nSPS) is 17.5. The fraction of sp³-hybridized carbons (Fsp3) is 0.320. The largest absolute Gasteiger partial charge is 0.325 e. The topological polar surface area (TPSA) is 66.5 Å². The smallest absolute Gasteiger partial charge is 0.228 e. The number of hydrogen-bond donors (Lipinski definition) is 1. The maximum atomic E-state index is 13.0. The summed E-state index contributed by atoms with van der Waals surface area (Å²) in [5.41, 5.74) is 1.91. The number of benzene rings is 3. The summed E-state index contributed by atoms with van der Waals surface area (Å²) in [6.45, 7) is 0.746. The number of rotatable bonds is 7. The Labute approximate surface area is 184 Å². The number of hydrogen-bond acceptors (Lipinski definition) is 3. The molecule has 1 atom stereocenters. The zero-order chi connectivity index (χ0) is 21.7. The fourth-order valence-electron chi connectivity index (χ4n) is 4.21. The van der Waals surface area contributed by atoms with E-state index in [1.807, 2.05) is 72.8 Å². The van der Waals surface area contributed by atoms with Gasteiger partial charge in [0.15, 0.2) is 0 Å². The summed E-state index contributed by atoms with van der Waals surface area (Å²) in [5, 5.41) is 5.08. The Morgan fingerprint density at radius 1 is 0.968 bits per heavy atom. The highest BCUT2D eigenvalue weighted by Gasteiger charge is 2.32. The monoisotopic (exact) mass is 436 g/mol. The van der Waals surface area contributed by atoms with Crippen LogP contribution in [0.1, 0.15) is 24.8 Å². The van der Waals surface area contributed by atoms with Crippen LogP contribution in [-0.4, -0.2) is 37.5 Å². The summed E-state index contributed by atoms with van der Waals surface area (Å²) in [6, 6.07) is 23.6. The first-order chi connectivity index (χ1) is 15.0. The first kappa shape index (κ1) is 21.5. The van der Waals surface area contributed by atoms with Gasteiger partial charge in [-0.1, -0.05) is 66.7 Å². The lowest BCUT2D eigenvalue weighted by Crippen LogP contribution is -2.44. The maximum absolute atomic E-state index is 13.0. The third-order valence-electron chi connectivity index (χ3n) is 5.91. The molecule has 6 heteroatoms. The van der Waals surface area contributed by atoms with Gasteiger partial charge in [-0.25, -0.2) is 12.7 Å². The lowest BCUT2D eigenvalue weighted by Gasteiger charge is -2.31. The first-order valence-corrected chi connectivity index (χ1v) is 12.4. The van der Waals surface area contributed by atoms with Crippen LogP contribution in [0.2, 0.25) is 0 Å². The highest BCUT2D eigenvalue weighted by atomic mass is 32.2. The van der Waals surface area contributed by atoms with Crippen molar-refractivity contribution < 1.29 is 13.2 Å². The molecule has 1 saturated heterocycles. The summed E-state index contributed by atoms with van der Waals surface area (Å²) < 4.78 is 27.3. The van der Waals surface area contributed by atoms with Gasteiger partial charge in [0.2, 0.25) is 15.9 Å². The van der Waals surface area contributed by atoms with Crippen molar-refractivity contribution in [3.05, 3.63) is 78.4 Å². The third-order valence-corrected chi connectivity index (χ3v) is 7.83. The van der Waals surface area contributed by atoms with E-state index in [0.29, 0.717) is 25.8 Å². The molecule has 1 heterocycles. The van der Waals surface area contributed by atoms with Crippen molar-refractivity contribution in [2.45, 2.75) is 25.7 Å². The molecule has 162 valence electrons. The quantitative estimate of drug-likeness (QED) is 0.595. The number of piperidine rings is 1. The molecule has 0 saturated carbocycles. The minimum absolute atomic E-state index is 0.111. The molecule has 1 amide bonds. The molecular formula is C25H28N2O3S. The van der Waals surface area contributed by atoms with Gasteiger partial charge < -0.3 is 5.32 Å². The van der Waals surface area contributed by atoms with Gasteiger partial charge in [0.05, 0.1) is 11.7 Å². The molecule has 3 aromatic carbocycles. The molecule has 0 aliphatic carbocycles. The summed E-state index contributed by atoms with van der Waals surface area (Å²) in [5.74, 6) is -0.336. The Hall–Kier alpha value is -2.70. The van der Waals surface area contributed by atoms with Crippen molar-refractivity contribution in [2.24, 2.45) is 5.92 Å². The van der Waals surface area contributed by atoms with Crippen molar-refractivity contribution in [3.63, 3.8) is 0 Å². The van der Waals surface area contributed by atoms with Crippen molar-refractivity contribution in [1.82, 2.24) is 4.31 Å². The van der Waals surface area contributed by atoms with Crippen LogP contribution in [0.3, 0.4) is 0 Å².